The van der Waals surface area contributed by atoms with E-state index in [4.69, 9.17) is 9.47 Å². The molecule has 2 aromatic carbocycles. The Labute approximate surface area is 233 Å². The number of carbonyl (C=O) groups excluding carboxylic acids is 1. The quantitative estimate of drug-likeness (QED) is 0.287. The van der Waals surface area contributed by atoms with Gasteiger partial charge >= 0.3 is 12.1 Å². The van der Waals surface area contributed by atoms with Gasteiger partial charge < -0.3 is 19.9 Å². The molecule has 0 unspecified atom stereocenters. The van der Waals surface area contributed by atoms with Crippen LogP contribution in [-0.2, 0) is 21.5 Å². The number of hydrogen-bond donors (Lipinski definition) is 2. The molecule has 1 fully saturated rings. The summed E-state index contributed by atoms with van der Waals surface area (Å²) >= 11 is 0. The number of nitrogens with one attached hydrogen (secondary N) is 1. The molecule has 0 spiro atoms. The molecule has 1 aliphatic heterocycles. The maximum Gasteiger partial charge on any atom is 0.411 e. The number of amides is 1. The number of methoxy groups -OCH3 is 1. The summed E-state index contributed by atoms with van der Waals surface area (Å²) in [5.74, 6) is -0.704. The summed E-state index contributed by atoms with van der Waals surface area (Å²) in [6.07, 6.45) is 1.52. The number of rotatable bonds is 9. The van der Waals surface area contributed by atoms with Gasteiger partial charge in [-0.3, -0.25) is 4.90 Å². The first-order chi connectivity index (χ1) is 18.3. The van der Waals surface area contributed by atoms with Crippen molar-refractivity contribution in [2.75, 3.05) is 13.7 Å². The number of ether oxygens (including phenoxy) is 2. The molecular weight excluding hydrogens is 492 g/mol. The molecule has 7 nitrogen and oxygen atoms in total. The summed E-state index contributed by atoms with van der Waals surface area (Å²) < 4.78 is 11.2. The summed E-state index contributed by atoms with van der Waals surface area (Å²) in [4.78, 5) is 27.8. The lowest BCUT2D eigenvalue weighted by Crippen LogP contribution is -2.48. The molecule has 7 heteroatoms. The Hall–Kier alpha value is -3.32. The summed E-state index contributed by atoms with van der Waals surface area (Å²) in [5, 5.41) is 14.2. The van der Waals surface area contributed by atoms with Crippen LogP contribution in [0.25, 0.3) is 0 Å². The molecule has 4 atom stereocenters. The second-order valence-corrected chi connectivity index (χ2v) is 12.3. The summed E-state index contributed by atoms with van der Waals surface area (Å²) in [6, 6.07) is 13.8. The highest BCUT2D eigenvalue weighted by atomic mass is 16.6. The van der Waals surface area contributed by atoms with Gasteiger partial charge in [-0.05, 0) is 34.4 Å². The Morgan fingerprint density at radius 2 is 1.74 bits per heavy atom. The van der Waals surface area contributed by atoms with Gasteiger partial charge in [0.1, 0.15) is 11.8 Å². The zero-order valence-corrected chi connectivity index (χ0v) is 24.4. The first-order valence-corrected chi connectivity index (χ1v) is 13.6. The minimum Gasteiger partial charge on any atom is -0.496 e. The maximum absolute atomic E-state index is 13.5. The van der Waals surface area contributed by atoms with E-state index in [0.717, 1.165) is 16.9 Å². The van der Waals surface area contributed by atoms with Gasteiger partial charge in [-0.25, -0.2) is 9.59 Å². The van der Waals surface area contributed by atoms with E-state index in [-0.39, 0.29) is 18.1 Å². The van der Waals surface area contributed by atoms with Crippen LogP contribution in [0.15, 0.2) is 61.2 Å². The number of aliphatic carboxylic acids is 1. The van der Waals surface area contributed by atoms with E-state index in [1.165, 1.54) is 10.5 Å². The molecule has 1 aliphatic rings. The van der Waals surface area contributed by atoms with Gasteiger partial charge in [0.15, 0.2) is 0 Å². The molecule has 1 amide bonds. The highest BCUT2D eigenvalue weighted by Crippen LogP contribution is 2.48. The lowest BCUT2D eigenvalue weighted by Gasteiger charge is -2.35. The molecule has 0 aliphatic carbocycles. The van der Waals surface area contributed by atoms with Crippen LogP contribution in [0.3, 0.4) is 0 Å². The Balaban J connectivity index is 2.11. The van der Waals surface area contributed by atoms with E-state index in [9.17, 15) is 14.7 Å². The van der Waals surface area contributed by atoms with Crippen molar-refractivity contribution in [3.63, 3.8) is 0 Å². The Morgan fingerprint density at radius 1 is 1.08 bits per heavy atom. The second-order valence-electron chi connectivity index (χ2n) is 12.3. The zero-order chi connectivity index (χ0) is 29.0. The smallest absolute Gasteiger partial charge is 0.411 e. The SMILES string of the molecule is C=CCCOC(=O)N1[C@H](C(=O)O)[C@@H](C(C)(C)C)[C@H](NCc2cc(C(C)(C)C)ccc2OC)[C@@H]1c1ccccc1. The topological polar surface area (TPSA) is 88.1 Å². The molecule has 39 heavy (non-hydrogen) atoms. The highest BCUT2D eigenvalue weighted by Gasteiger charge is 2.58. The highest BCUT2D eigenvalue weighted by molar-refractivity contribution is 5.82. The van der Waals surface area contributed by atoms with Crippen molar-refractivity contribution in [1.82, 2.24) is 10.2 Å². The third kappa shape index (κ3) is 6.82. The van der Waals surface area contributed by atoms with Gasteiger partial charge in [0, 0.05) is 24.1 Å². The maximum atomic E-state index is 13.5. The van der Waals surface area contributed by atoms with E-state index in [2.05, 4.69) is 44.8 Å². The second kappa shape index (κ2) is 12.2. The molecule has 1 saturated heterocycles. The van der Waals surface area contributed by atoms with Gasteiger partial charge in [-0.2, -0.15) is 0 Å². The van der Waals surface area contributed by atoms with Crippen molar-refractivity contribution in [3.8, 4) is 5.75 Å². The molecule has 0 bridgehead atoms. The van der Waals surface area contributed by atoms with Gasteiger partial charge in [-0.15, -0.1) is 6.58 Å². The van der Waals surface area contributed by atoms with E-state index in [1.807, 2.05) is 57.2 Å². The number of likely N-dealkylation sites (tertiary alicyclic amines) is 1. The predicted molar refractivity (Wildman–Crippen MR) is 154 cm³/mol. The monoisotopic (exact) mass is 536 g/mol. The van der Waals surface area contributed by atoms with Gasteiger partial charge in [0.2, 0.25) is 0 Å². The number of carboxylic acids is 1. The molecule has 0 radical (unpaired) electrons. The molecule has 212 valence electrons. The number of carboxylic acid groups (broad SMARTS) is 1. The van der Waals surface area contributed by atoms with Crippen LogP contribution in [0.1, 0.15) is 70.7 Å². The summed E-state index contributed by atoms with van der Waals surface area (Å²) in [5.41, 5.74) is 2.51. The number of carbonyl (C=O) groups is 2. The number of nitrogens with zero attached hydrogens (tertiary/aromatic N) is 1. The van der Waals surface area contributed by atoms with Gasteiger partial charge in [0.05, 0.1) is 19.8 Å². The average Bonchev–Trinajstić information content (AvgIpc) is 3.23. The minimum absolute atomic E-state index is 0.0463. The minimum atomic E-state index is -1.08. The van der Waals surface area contributed by atoms with Crippen molar-refractivity contribution >= 4 is 12.1 Å². The molecule has 1 heterocycles. The number of hydrogen-bond acceptors (Lipinski definition) is 5. The fourth-order valence-electron chi connectivity index (χ4n) is 5.60. The third-order valence-electron chi connectivity index (χ3n) is 7.49. The van der Waals surface area contributed by atoms with Crippen LogP contribution < -0.4 is 10.1 Å². The fraction of sp³-hybridized carbons (Fsp3) is 0.500. The molecule has 0 saturated carbocycles. The molecular formula is C32H44N2O5. The Bertz CT molecular complexity index is 1150. The van der Waals surface area contributed by atoms with Crippen molar-refractivity contribution in [1.29, 1.82) is 0 Å². The predicted octanol–water partition coefficient (Wildman–Crippen LogP) is 6.34. The lowest BCUT2D eigenvalue weighted by atomic mass is 9.72. The average molecular weight is 537 g/mol. The molecule has 2 N–H and O–H groups in total. The summed E-state index contributed by atoms with van der Waals surface area (Å²) in [6.45, 7) is 16.8. The normalized spacial score (nSPS) is 21.5. The van der Waals surface area contributed by atoms with Crippen LogP contribution in [-0.4, -0.2) is 47.9 Å². The molecule has 2 aromatic rings. The van der Waals surface area contributed by atoms with Crippen LogP contribution >= 0.6 is 0 Å². The first kappa shape index (κ1) is 30.2. The largest absolute Gasteiger partial charge is 0.496 e. The van der Waals surface area contributed by atoms with Crippen molar-refractivity contribution in [2.24, 2.45) is 11.3 Å². The van der Waals surface area contributed by atoms with Gasteiger partial charge in [0.25, 0.3) is 0 Å². The van der Waals surface area contributed by atoms with Crippen LogP contribution in [0.4, 0.5) is 4.79 Å². The Kier molecular flexibility index (Phi) is 9.49. The van der Waals surface area contributed by atoms with Crippen molar-refractivity contribution in [3.05, 3.63) is 77.9 Å². The summed E-state index contributed by atoms with van der Waals surface area (Å²) in [7, 11) is 1.65. The van der Waals surface area contributed by atoms with Crippen LogP contribution in [0, 0.1) is 11.3 Å². The first-order valence-electron chi connectivity index (χ1n) is 13.6. The van der Waals surface area contributed by atoms with Crippen LogP contribution in [0.2, 0.25) is 0 Å². The fourth-order valence-corrected chi connectivity index (χ4v) is 5.60. The Morgan fingerprint density at radius 3 is 2.28 bits per heavy atom. The molecule has 0 aromatic heterocycles. The van der Waals surface area contributed by atoms with E-state index >= 15 is 0 Å². The van der Waals surface area contributed by atoms with E-state index < -0.39 is 35.5 Å². The van der Waals surface area contributed by atoms with Crippen molar-refractivity contribution in [2.45, 2.75) is 78.0 Å². The number of benzene rings is 2. The van der Waals surface area contributed by atoms with E-state index in [0.29, 0.717) is 13.0 Å². The third-order valence-corrected chi connectivity index (χ3v) is 7.49. The lowest BCUT2D eigenvalue weighted by molar-refractivity contribution is -0.144. The molecule has 3 rings (SSSR count). The van der Waals surface area contributed by atoms with Gasteiger partial charge in [-0.1, -0.05) is 90.1 Å². The van der Waals surface area contributed by atoms with Crippen molar-refractivity contribution < 1.29 is 24.2 Å². The van der Waals surface area contributed by atoms with Crippen LogP contribution in [0.5, 0.6) is 5.75 Å². The zero-order valence-electron chi connectivity index (χ0n) is 24.4. The standard InChI is InChI=1S/C32H44N2O5/c1-9-10-18-39-30(37)34-27(21-14-12-11-13-15-21)26(25(32(5,6)7)28(34)29(35)36)33-20-22-19-23(31(2,3)4)16-17-24(22)38-8/h9,11-17,19,25-28,33H,1,10,18,20H2,2-8H3,(H,35,36)/t25-,26-,27-,28-/m0/s1. The van der Waals surface area contributed by atoms with E-state index in [1.54, 1.807) is 13.2 Å².